The fourth-order valence-corrected chi connectivity index (χ4v) is 1.93. The molecule has 0 bridgehead atoms. The Balaban J connectivity index is 2.55. The van der Waals surface area contributed by atoms with E-state index in [1.807, 2.05) is 25.1 Å². The lowest BCUT2D eigenvalue weighted by Crippen LogP contribution is -2.34. The van der Waals surface area contributed by atoms with Crippen LogP contribution in [-0.2, 0) is 11.2 Å². The molecule has 1 aromatic carbocycles. The minimum atomic E-state index is 0.476. The maximum absolute atomic E-state index is 5.29. The largest absolute Gasteiger partial charge is 0.493 e. The van der Waals surface area contributed by atoms with Gasteiger partial charge in [-0.3, -0.25) is 5.43 Å². The highest BCUT2D eigenvalue weighted by Gasteiger charge is 2.05. The first-order valence-electron chi connectivity index (χ1n) is 6.87. The van der Waals surface area contributed by atoms with E-state index in [9.17, 15) is 0 Å². The number of thiocarbonyl (C=S) groups is 1. The van der Waals surface area contributed by atoms with Crippen molar-refractivity contribution in [1.82, 2.24) is 10.7 Å². The summed E-state index contributed by atoms with van der Waals surface area (Å²) in [6, 6.07) is 5.80. The van der Waals surface area contributed by atoms with Gasteiger partial charge in [-0.05, 0) is 36.8 Å². The average molecular weight is 325 g/mol. The molecular formula is C15H23N3O3S. The Kier molecular flexibility index (Phi) is 8.24. The minimum Gasteiger partial charge on any atom is -0.493 e. The molecule has 0 heterocycles. The molecule has 0 aliphatic heterocycles. The standard InChI is InChI=1S/C15H23N3O3S/c1-11(17-18-15(22)16-7-8-19-2)9-12-5-6-13(20-3)14(10-12)21-4/h5-6,10H,7-9H2,1-4H3,(H2,16,18,22)/b17-11-. The van der Waals surface area contributed by atoms with Crippen LogP contribution in [0.15, 0.2) is 23.3 Å². The van der Waals surface area contributed by atoms with Crippen molar-refractivity contribution in [3.05, 3.63) is 23.8 Å². The number of nitrogens with one attached hydrogen (secondary N) is 2. The number of hydrogen-bond acceptors (Lipinski definition) is 5. The number of nitrogens with zero attached hydrogens (tertiary/aromatic N) is 1. The summed E-state index contributed by atoms with van der Waals surface area (Å²) in [6.07, 6.45) is 0.689. The molecule has 0 aliphatic carbocycles. The SMILES string of the molecule is COCCNC(=S)N/N=C(/C)Cc1ccc(OC)c(OC)c1. The maximum Gasteiger partial charge on any atom is 0.187 e. The zero-order valence-corrected chi connectivity index (χ0v) is 14.3. The van der Waals surface area contributed by atoms with Gasteiger partial charge < -0.3 is 19.5 Å². The Labute approximate surface area is 136 Å². The van der Waals surface area contributed by atoms with Crippen LogP contribution in [0.3, 0.4) is 0 Å². The highest BCUT2D eigenvalue weighted by Crippen LogP contribution is 2.27. The predicted octanol–water partition coefficient (Wildman–Crippen LogP) is 1.73. The molecule has 0 spiro atoms. The first-order valence-corrected chi connectivity index (χ1v) is 7.28. The van der Waals surface area contributed by atoms with Crippen molar-refractivity contribution in [2.45, 2.75) is 13.3 Å². The van der Waals surface area contributed by atoms with E-state index >= 15 is 0 Å². The smallest absolute Gasteiger partial charge is 0.187 e. The summed E-state index contributed by atoms with van der Waals surface area (Å²) >= 11 is 5.10. The number of hydrogen-bond donors (Lipinski definition) is 2. The van der Waals surface area contributed by atoms with E-state index in [1.165, 1.54) is 0 Å². The summed E-state index contributed by atoms with van der Waals surface area (Å²) in [5, 5.41) is 7.71. The molecule has 0 fully saturated rings. The van der Waals surface area contributed by atoms with Crippen molar-refractivity contribution in [3.63, 3.8) is 0 Å². The van der Waals surface area contributed by atoms with Crippen LogP contribution in [0.5, 0.6) is 11.5 Å². The molecule has 0 radical (unpaired) electrons. The van der Waals surface area contributed by atoms with Crippen LogP contribution in [0.2, 0.25) is 0 Å². The first-order chi connectivity index (χ1) is 10.6. The molecule has 0 amide bonds. The zero-order chi connectivity index (χ0) is 16.4. The third-order valence-electron chi connectivity index (χ3n) is 2.85. The Bertz CT molecular complexity index is 521. The van der Waals surface area contributed by atoms with Crippen molar-refractivity contribution in [3.8, 4) is 11.5 Å². The van der Waals surface area contributed by atoms with Crippen molar-refractivity contribution in [2.75, 3.05) is 34.5 Å². The van der Waals surface area contributed by atoms with Crippen LogP contribution in [0, 0.1) is 0 Å². The molecule has 22 heavy (non-hydrogen) atoms. The Hall–Kier alpha value is -1.86. The second kappa shape index (κ2) is 9.97. The van der Waals surface area contributed by atoms with E-state index in [4.69, 9.17) is 26.4 Å². The van der Waals surface area contributed by atoms with Crippen LogP contribution in [0.1, 0.15) is 12.5 Å². The van der Waals surface area contributed by atoms with E-state index in [0.717, 1.165) is 11.3 Å². The minimum absolute atomic E-state index is 0.476. The third-order valence-corrected chi connectivity index (χ3v) is 3.08. The predicted molar refractivity (Wildman–Crippen MR) is 92.0 cm³/mol. The van der Waals surface area contributed by atoms with E-state index in [2.05, 4.69) is 15.8 Å². The van der Waals surface area contributed by atoms with Crippen LogP contribution >= 0.6 is 12.2 Å². The van der Waals surface area contributed by atoms with Gasteiger partial charge in [-0.2, -0.15) is 5.10 Å². The summed E-state index contributed by atoms with van der Waals surface area (Å²) in [4.78, 5) is 0. The monoisotopic (exact) mass is 325 g/mol. The molecule has 1 aromatic rings. The lowest BCUT2D eigenvalue weighted by Gasteiger charge is -2.10. The molecule has 7 heteroatoms. The molecule has 0 saturated heterocycles. The molecule has 6 nitrogen and oxygen atoms in total. The van der Waals surface area contributed by atoms with Gasteiger partial charge in [-0.25, -0.2) is 0 Å². The van der Waals surface area contributed by atoms with E-state index in [0.29, 0.717) is 36.2 Å². The molecule has 1 rings (SSSR count). The Morgan fingerprint density at radius 2 is 1.91 bits per heavy atom. The van der Waals surface area contributed by atoms with Crippen molar-refractivity contribution in [1.29, 1.82) is 0 Å². The van der Waals surface area contributed by atoms with Gasteiger partial charge in [0.05, 0.1) is 20.8 Å². The second-order valence-corrected chi connectivity index (χ2v) is 4.98. The summed E-state index contributed by atoms with van der Waals surface area (Å²) in [6.45, 7) is 3.17. The van der Waals surface area contributed by atoms with Crippen LogP contribution in [0.25, 0.3) is 0 Å². The number of ether oxygens (including phenoxy) is 3. The van der Waals surface area contributed by atoms with Gasteiger partial charge in [0, 0.05) is 25.8 Å². The number of methoxy groups -OCH3 is 3. The van der Waals surface area contributed by atoms with Crippen molar-refractivity contribution < 1.29 is 14.2 Å². The lowest BCUT2D eigenvalue weighted by molar-refractivity contribution is 0.204. The summed E-state index contributed by atoms with van der Waals surface area (Å²) < 4.78 is 15.4. The van der Waals surface area contributed by atoms with Gasteiger partial charge in [0.15, 0.2) is 16.6 Å². The van der Waals surface area contributed by atoms with Crippen molar-refractivity contribution in [2.24, 2.45) is 5.10 Å². The molecule has 0 saturated carbocycles. The highest BCUT2D eigenvalue weighted by atomic mass is 32.1. The molecule has 0 aliphatic rings. The zero-order valence-electron chi connectivity index (χ0n) is 13.4. The van der Waals surface area contributed by atoms with Gasteiger partial charge in [0.1, 0.15) is 0 Å². The number of rotatable bonds is 8. The molecule has 0 unspecified atom stereocenters. The first kappa shape index (κ1) is 18.2. The van der Waals surface area contributed by atoms with Crippen LogP contribution < -0.4 is 20.2 Å². The van der Waals surface area contributed by atoms with Gasteiger partial charge >= 0.3 is 0 Å². The van der Waals surface area contributed by atoms with Gasteiger partial charge in [-0.1, -0.05) is 6.07 Å². The van der Waals surface area contributed by atoms with E-state index in [1.54, 1.807) is 21.3 Å². The van der Waals surface area contributed by atoms with Crippen molar-refractivity contribution >= 4 is 23.0 Å². The summed E-state index contributed by atoms with van der Waals surface area (Å²) in [5.74, 6) is 1.42. The van der Waals surface area contributed by atoms with Gasteiger partial charge in [-0.15, -0.1) is 0 Å². The summed E-state index contributed by atoms with van der Waals surface area (Å²) in [7, 11) is 4.88. The maximum atomic E-state index is 5.29. The quantitative estimate of drug-likeness (QED) is 0.328. The lowest BCUT2D eigenvalue weighted by atomic mass is 10.1. The molecule has 0 atom stereocenters. The van der Waals surface area contributed by atoms with Crippen LogP contribution in [-0.4, -0.2) is 45.3 Å². The van der Waals surface area contributed by atoms with Gasteiger partial charge in [0.2, 0.25) is 0 Å². The molecule has 122 valence electrons. The Morgan fingerprint density at radius 3 is 2.55 bits per heavy atom. The fourth-order valence-electron chi connectivity index (χ4n) is 1.78. The molecule has 2 N–H and O–H groups in total. The topological polar surface area (TPSA) is 64.1 Å². The normalized spacial score (nSPS) is 11.0. The van der Waals surface area contributed by atoms with E-state index < -0.39 is 0 Å². The fraction of sp³-hybridized carbons (Fsp3) is 0.467. The number of hydrazone groups is 1. The molecular weight excluding hydrogens is 302 g/mol. The van der Waals surface area contributed by atoms with E-state index in [-0.39, 0.29) is 0 Å². The second-order valence-electron chi connectivity index (χ2n) is 4.57. The third kappa shape index (κ3) is 6.28. The summed E-state index contributed by atoms with van der Waals surface area (Å²) in [5.41, 5.74) is 4.80. The average Bonchev–Trinajstić information content (AvgIpc) is 2.53. The Morgan fingerprint density at radius 1 is 1.18 bits per heavy atom. The highest BCUT2D eigenvalue weighted by molar-refractivity contribution is 7.80. The van der Waals surface area contributed by atoms with Gasteiger partial charge in [0.25, 0.3) is 0 Å². The molecule has 0 aromatic heterocycles. The van der Waals surface area contributed by atoms with Crippen LogP contribution in [0.4, 0.5) is 0 Å². The number of benzene rings is 1.